The SMILES string of the molecule is CN=C(NCc1c(C)nn(-c2ccccc2)c1C)N1CC(C)C(C(=O)OC)C1. The Hall–Kier alpha value is -2.83. The summed E-state index contributed by atoms with van der Waals surface area (Å²) in [5.41, 5.74) is 4.30. The Morgan fingerprint density at radius 1 is 1.29 bits per heavy atom. The van der Waals surface area contributed by atoms with Crippen molar-refractivity contribution in [2.75, 3.05) is 27.2 Å². The molecule has 2 heterocycles. The number of benzene rings is 1. The molecule has 2 unspecified atom stereocenters. The van der Waals surface area contributed by atoms with Crippen LogP contribution in [0.4, 0.5) is 0 Å². The number of methoxy groups -OCH3 is 1. The number of aryl methyl sites for hydroxylation is 1. The van der Waals surface area contributed by atoms with Gasteiger partial charge in [0.1, 0.15) is 0 Å². The fourth-order valence-electron chi connectivity index (χ4n) is 3.85. The Morgan fingerprint density at radius 2 is 2.00 bits per heavy atom. The van der Waals surface area contributed by atoms with E-state index in [0.29, 0.717) is 13.1 Å². The van der Waals surface area contributed by atoms with E-state index in [9.17, 15) is 4.79 Å². The highest BCUT2D eigenvalue weighted by Gasteiger charge is 2.36. The van der Waals surface area contributed by atoms with Gasteiger partial charge in [-0.05, 0) is 31.9 Å². The minimum Gasteiger partial charge on any atom is -0.469 e. The van der Waals surface area contributed by atoms with Crippen LogP contribution in [0.5, 0.6) is 0 Å². The quantitative estimate of drug-likeness (QED) is 0.498. The van der Waals surface area contributed by atoms with Crippen molar-refractivity contribution >= 4 is 11.9 Å². The number of aliphatic imine (C=N–C) groups is 1. The molecule has 1 fully saturated rings. The van der Waals surface area contributed by atoms with Gasteiger partial charge in [0.25, 0.3) is 0 Å². The molecule has 150 valence electrons. The number of nitrogens with zero attached hydrogens (tertiary/aromatic N) is 4. The van der Waals surface area contributed by atoms with E-state index < -0.39 is 0 Å². The molecule has 1 aromatic heterocycles. The first-order chi connectivity index (χ1) is 13.5. The zero-order valence-electron chi connectivity index (χ0n) is 17.3. The van der Waals surface area contributed by atoms with Crippen molar-refractivity contribution in [3.05, 3.63) is 47.3 Å². The van der Waals surface area contributed by atoms with Crippen LogP contribution in [0.3, 0.4) is 0 Å². The van der Waals surface area contributed by atoms with Gasteiger partial charge in [0.15, 0.2) is 5.96 Å². The van der Waals surface area contributed by atoms with Gasteiger partial charge in [0.2, 0.25) is 0 Å². The van der Waals surface area contributed by atoms with E-state index in [0.717, 1.165) is 35.1 Å². The highest BCUT2D eigenvalue weighted by atomic mass is 16.5. The largest absolute Gasteiger partial charge is 0.469 e. The van der Waals surface area contributed by atoms with Crippen molar-refractivity contribution in [3.63, 3.8) is 0 Å². The molecule has 0 aliphatic carbocycles. The second-order valence-electron chi connectivity index (χ2n) is 7.31. The summed E-state index contributed by atoms with van der Waals surface area (Å²) in [7, 11) is 3.21. The van der Waals surface area contributed by atoms with E-state index in [-0.39, 0.29) is 17.8 Å². The lowest BCUT2D eigenvalue weighted by atomic mass is 9.99. The molecule has 1 saturated heterocycles. The first kappa shape index (κ1) is 19.9. The van der Waals surface area contributed by atoms with Crippen molar-refractivity contribution in [1.82, 2.24) is 20.0 Å². The van der Waals surface area contributed by atoms with Crippen LogP contribution in [-0.4, -0.2) is 53.9 Å². The summed E-state index contributed by atoms with van der Waals surface area (Å²) >= 11 is 0. The normalized spacial score (nSPS) is 19.8. The van der Waals surface area contributed by atoms with Crippen molar-refractivity contribution in [1.29, 1.82) is 0 Å². The molecule has 3 rings (SSSR count). The van der Waals surface area contributed by atoms with Crippen LogP contribution in [0, 0.1) is 25.7 Å². The molecule has 28 heavy (non-hydrogen) atoms. The third-order valence-corrected chi connectivity index (χ3v) is 5.49. The fourth-order valence-corrected chi connectivity index (χ4v) is 3.85. The third-order valence-electron chi connectivity index (χ3n) is 5.49. The van der Waals surface area contributed by atoms with Crippen LogP contribution >= 0.6 is 0 Å². The predicted molar refractivity (Wildman–Crippen MR) is 109 cm³/mol. The Bertz CT molecular complexity index is 859. The van der Waals surface area contributed by atoms with Crippen LogP contribution < -0.4 is 5.32 Å². The number of esters is 1. The third kappa shape index (κ3) is 3.88. The molecule has 1 aromatic carbocycles. The van der Waals surface area contributed by atoms with Crippen molar-refractivity contribution in [3.8, 4) is 5.69 Å². The van der Waals surface area contributed by atoms with Gasteiger partial charge in [0.05, 0.1) is 24.4 Å². The Labute approximate surface area is 166 Å². The van der Waals surface area contributed by atoms with Gasteiger partial charge >= 0.3 is 5.97 Å². The molecule has 0 bridgehead atoms. The molecule has 2 aromatic rings. The summed E-state index contributed by atoms with van der Waals surface area (Å²) < 4.78 is 6.91. The zero-order chi connectivity index (χ0) is 20.3. The van der Waals surface area contributed by atoms with Crippen LogP contribution in [0.25, 0.3) is 5.69 Å². The van der Waals surface area contributed by atoms with Gasteiger partial charge in [0, 0.05) is 37.9 Å². The van der Waals surface area contributed by atoms with Gasteiger partial charge in [-0.2, -0.15) is 5.10 Å². The molecule has 0 saturated carbocycles. The van der Waals surface area contributed by atoms with Gasteiger partial charge < -0.3 is 15.0 Å². The Balaban J connectivity index is 1.71. The summed E-state index contributed by atoms with van der Waals surface area (Å²) in [5.74, 6) is 0.758. The van der Waals surface area contributed by atoms with Crippen molar-refractivity contribution in [2.24, 2.45) is 16.8 Å². The Morgan fingerprint density at radius 3 is 2.64 bits per heavy atom. The van der Waals surface area contributed by atoms with Gasteiger partial charge in [-0.25, -0.2) is 4.68 Å². The summed E-state index contributed by atoms with van der Waals surface area (Å²) in [6.45, 7) is 8.21. The number of para-hydroxylation sites is 1. The summed E-state index contributed by atoms with van der Waals surface area (Å²) in [6.07, 6.45) is 0. The molecule has 7 nitrogen and oxygen atoms in total. The Kier molecular flexibility index (Phi) is 6.02. The predicted octanol–water partition coefficient (Wildman–Crippen LogP) is 2.31. The topological polar surface area (TPSA) is 71.8 Å². The smallest absolute Gasteiger partial charge is 0.310 e. The van der Waals surface area contributed by atoms with Crippen LogP contribution in [0.1, 0.15) is 23.9 Å². The molecule has 1 aliphatic heterocycles. The van der Waals surface area contributed by atoms with E-state index >= 15 is 0 Å². The minimum atomic E-state index is -0.152. The number of hydrogen-bond donors (Lipinski definition) is 1. The first-order valence-corrected chi connectivity index (χ1v) is 9.60. The summed E-state index contributed by atoms with van der Waals surface area (Å²) in [4.78, 5) is 18.5. The van der Waals surface area contributed by atoms with Crippen LogP contribution in [0.2, 0.25) is 0 Å². The second-order valence-corrected chi connectivity index (χ2v) is 7.31. The highest BCUT2D eigenvalue weighted by molar-refractivity contribution is 5.82. The number of hydrogen-bond acceptors (Lipinski definition) is 4. The summed E-state index contributed by atoms with van der Waals surface area (Å²) in [5, 5.41) is 8.14. The molecule has 0 radical (unpaired) electrons. The van der Waals surface area contributed by atoms with E-state index in [2.05, 4.69) is 29.1 Å². The van der Waals surface area contributed by atoms with Crippen LogP contribution in [-0.2, 0) is 16.1 Å². The maximum absolute atomic E-state index is 12.0. The van der Waals surface area contributed by atoms with E-state index in [1.165, 1.54) is 7.11 Å². The second kappa shape index (κ2) is 8.46. The van der Waals surface area contributed by atoms with Gasteiger partial charge in [-0.15, -0.1) is 0 Å². The number of carbonyl (C=O) groups excluding carboxylic acids is 1. The molecule has 2 atom stereocenters. The van der Waals surface area contributed by atoms with Gasteiger partial charge in [-0.3, -0.25) is 9.79 Å². The minimum absolute atomic E-state index is 0.118. The number of ether oxygens (including phenoxy) is 1. The number of nitrogens with one attached hydrogen (secondary N) is 1. The molecule has 0 spiro atoms. The number of carbonyl (C=O) groups is 1. The number of aromatic nitrogens is 2. The summed E-state index contributed by atoms with van der Waals surface area (Å²) in [6, 6.07) is 10.1. The van der Waals surface area contributed by atoms with Crippen molar-refractivity contribution < 1.29 is 9.53 Å². The lowest BCUT2D eigenvalue weighted by molar-refractivity contribution is -0.145. The number of likely N-dealkylation sites (tertiary alicyclic amines) is 1. The molecule has 1 N–H and O–H groups in total. The van der Waals surface area contributed by atoms with Crippen LogP contribution in [0.15, 0.2) is 35.3 Å². The molecule has 7 heteroatoms. The maximum Gasteiger partial charge on any atom is 0.310 e. The fraction of sp³-hybridized carbons (Fsp3) is 0.476. The molecule has 0 amide bonds. The monoisotopic (exact) mass is 383 g/mol. The molecule has 1 aliphatic rings. The number of guanidine groups is 1. The average Bonchev–Trinajstić information content (AvgIpc) is 3.22. The van der Waals surface area contributed by atoms with E-state index in [1.807, 2.05) is 41.9 Å². The van der Waals surface area contributed by atoms with Crippen molar-refractivity contribution in [2.45, 2.75) is 27.3 Å². The van der Waals surface area contributed by atoms with Gasteiger partial charge in [-0.1, -0.05) is 25.1 Å². The lowest BCUT2D eigenvalue weighted by Crippen LogP contribution is -2.40. The highest BCUT2D eigenvalue weighted by Crippen LogP contribution is 2.24. The average molecular weight is 383 g/mol. The first-order valence-electron chi connectivity index (χ1n) is 9.60. The number of rotatable bonds is 4. The molecular weight excluding hydrogens is 354 g/mol. The molecular formula is C21H29N5O2. The zero-order valence-corrected chi connectivity index (χ0v) is 17.3. The lowest BCUT2D eigenvalue weighted by Gasteiger charge is -2.21. The standard InChI is InChI=1S/C21H29N5O2/c1-14-12-25(13-19(14)20(27)28-5)21(22-4)23-11-18-15(2)24-26(16(18)3)17-9-7-6-8-10-17/h6-10,14,19H,11-13H2,1-5H3,(H,22,23). The maximum atomic E-state index is 12.0. The van der Waals surface area contributed by atoms with E-state index in [4.69, 9.17) is 9.84 Å². The van der Waals surface area contributed by atoms with E-state index in [1.54, 1.807) is 7.05 Å².